The van der Waals surface area contributed by atoms with Crippen LogP contribution in [-0.4, -0.2) is 33.8 Å². The van der Waals surface area contributed by atoms with Crippen LogP contribution in [0.25, 0.3) is 0 Å². The van der Waals surface area contributed by atoms with Gasteiger partial charge < -0.3 is 15.2 Å². The number of hydrogen-bond donors (Lipinski definition) is 2. The molecule has 1 atom stereocenters. The quantitative estimate of drug-likeness (QED) is 0.364. The molecule has 6 nitrogen and oxygen atoms in total. The van der Waals surface area contributed by atoms with Crippen LogP contribution in [0.15, 0.2) is 41.7 Å². The minimum atomic E-state index is 0. The molecule has 7 heteroatoms. The topological polar surface area (TPSA) is 67.1 Å². The van der Waals surface area contributed by atoms with E-state index >= 15 is 0 Å². The number of benzene rings is 1. The maximum Gasteiger partial charge on any atom is 0.191 e. The Balaban J connectivity index is 0.00000312. The molecule has 0 aliphatic heterocycles. The number of hydrogen-bond acceptors (Lipinski definition) is 3. The normalized spacial score (nSPS) is 12.4. The van der Waals surface area contributed by atoms with E-state index < -0.39 is 0 Å². The lowest BCUT2D eigenvalue weighted by atomic mass is 10.1. The van der Waals surface area contributed by atoms with Crippen molar-refractivity contribution in [1.29, 1.82) is 0 Å². The van der Waals surface area contributed by atoms with E-state index in [1.54, 1.807) is 6.33 Å². The van der Waals surface area contributed by atoms with Crippen LogP contribution in [0, 0.1) is 0 Å². The molecule has 0 saturated heterocycles. The highest BCUT2D eigenvalue weighted by molar-refractivity contribution is 14.0. The summed E-state index contributed by atoms with van der Waals surface area (Å²) in [5, 5.41) is 15.0. The van der Waals surface area contributed by atoms with Crippen molar-refractivity contribution >= 4 is 29.9 Å². The van der Waals surface area contributed by atoms with Crippen molar-refractivity contribution in [1.82, 2.24) is 25.4 Å². The molecule has 1 aromatic carbocycles. The summed E-state index contributed by atoms with van der Waals surface area (Å²) in [7, 11) is 0. The predicted molar refractivity (Wildman–Crippen MR) is 113 cm³/mol. The molecule has 1 unspecified atom stereocenters. The van der Waals surface area contributed by atoms with Crippen molar-refractivity contribution in [3.05, 3.63) is 48.0 Å². The number of halogens is 1. The first-order chi connectivity index (χ1) is 11.7. The number of aromatic nitrogens is 3. The van der Waals surface area contributed by atoms with Crippen LogP contribution in [-0.2, 0) is 13.0 Å². The molecule has 1 heterocycles. The third kappa shape index (κ3) is 7.01. The Bertz CT molecular complexity index is 626. The Kier molecular flexibility index (Phi) is 10.1. The molecule has 25 heavy (non-hydrogen) atoms. The maximum absolute atomic E-state index is 4.62. The second-order valence-electron chi connectivity index (χ2n) is 5.73. The fourth-order valence-corrected chi connectivity index (χ4v) is 2.44. The van der Waals surface area contributed by atoms with E-state index in [4.69, 9.17) is 0 Å². The van der Waals surface area contributed by atoms with Gasteiger partial charge >= 0.3 is 0 Å². The Labute approximate surface area is 167 Å². The van der Waals surface area contributed by atoms with Crippen LogP contribution in [0.2, 0.25) is 0 Å². The second kappa shape index (κ2) is 11.8. The lowest BCUT2D eigenvalue weighted by molar-refractivity contribution is 0.618. The van der Waals surface area contributed by atoms with E-state index in [0.717, 1.165) is 44.3 Å². The van der Waals surface area contributed by atoms with E-state index in [1.807, 2.05) is 6.07 Å². The molecule has 0 aliphatic carbocycles. The second-order valence-corrected chi connectivity index (χ2v) is 5.73. The van der Waals surface area contributed by atoms with Crippen molar-refractivity contribution in [3.8, 4) is 0 Å². The van der Waals surface area contributed by atoms with Gasteiger partial charge in [-0.05, 0) is 18.9 Å². The Morgan fingerprint density at radius 3 is 2.68 bits per heavy atom. The molecule has 0 radical (unpaired) electrons. The number of nitrogens with zero attached hydrogens (tertiary/aromatic N) is 4. The van der Waals surface area contributed by atoms with Crippen LogP contribution in [0.5, 0.6) is 0 Å². The first-order valence-electron chi connectivity index (χ1n) is 8.71. The molecule has 0 aliphatic rings. The summed E-state index contributed by atoms with van der Waals surface area (Å²) >= 11 is 0. The molecule has 138 valence electrons. The summed E-state index contributed by atoms with van der Waals surface area (Å²) in [5.41, 5.74) is 1.25. The summed E-state index contributed by atoms with van der Waals surface area (Å²) in [6.07, 6.45) is 3.70. The van der Waals surface area contributed by atoms with Crippen molar-refractivity contribution in [3.63, 3.8) is 0 Å². The highest BCUT2D eigenvalue weighted by Gasteiger charge is 2.08. The number of rotatable bonds is 8. The van der Waals surface area contributed by atoms with Gasteiger partial charge in [-0.25, -0.2) is 0 Å². The van der Waals surface area contributed by atoms with Crippen LogP contribution in [0.4, 0.5) is 0 Å². The molecular weight excluding hydrogens is 427 g/mol. The minimum absolute atomic E-state index is 0. The molecule has 2 aromatic rings. The van der Waals surface area contributed by atoms with Gasteiger partial charge in [-0.3, -0.25) is 4.99 Å². The fraction of sp³-hybridized carbons (Fsp3) is 0.500. The number of aryl methyl sites for hydroxylation is 1. The number of aliphatic imine (C=N–C) groups is 1. The summed E-state index contributed by atoms with van der Waals surface area (Å²) < 4.78 is 2.07. The van der Waals surface area contributed by atoms with E-state index in [2.05, 4.69) is 75.4 Å². The zero-order chi connectivity index (χ0) is 17.2. The van der Waals surface area contributed by atoms with Gasteiger partial charge in [-0.2, -0.15) is 0 Å². The molecule has 0 fully saturated rings. The van der Waals surface area contributed by atoms with Crippen LogP contribution in [0.1, 0.15) is 44.6 Å². The van der Waals surface area contributed by atoms with E-state index in [-0.39, 0.29) is 30.0 Å². The van der Waals surface area contributed by atoms with E-state index in [9.17, 15) is 0 Å². The van der Waals surface area contributed by atoms with Gasteiger partial charge in [0.1, 0.15) is 12.2 Å². The molecule has 0 bridgehead atoms. The summed E-state index contributed by atoms with van der Waals surface area (Å²) in [5.74, 6) is 1.86. The number of nitrogens with one attached hydrogen (secondary N) is 2. The van der Waals surface area contributed by atoms with Crippen molar-refractivity contribution in [2.45, 2.75) is 46.2 Å². The average molecular weight is 456 g/mol. The Morgan fingerprint density at radius 1 is 1.24 bits per heavy atom. The van der Waals surface area contributed by atoms with Gasteiger partial charge in [-0.1, -0.05) is 44.2 Å². The van der Waals surface area contributed by atoms with Crippen LogP contribution < -0.4 is 10.6 Å². The maximum atomic E-state index is 4.62. The molecule has 0 saturated carbocycles. The minimum Gasteiger partial charge on any atom is -0.355 e. The molecule has 2 rings (SSSR count). The SMILES string of the molecule is CCCN=C(NCCn1cnnc1CC)NC(C)c1ccccc1.I. The molecule has 1 aromatic heterocycles. The Hall–Kier alpha value is -1.64. The molecule has 0 spiro atoms. The first-order valence-corrected chi connectivity index (χ1v) is 8.71. The molecular formula is C18H29IN6. The standard InChI is InChI=1S/C18H28N6.HI/c1-4-11-19-18(22-15(3)16-9-7-6-8-10-16)20-12-13-24-14-21-23-17(24)5-2;/h6-10,14-15H,4-5,11-13H2,1-3H3,(H2,19,20,22);1H. The fourth-order valence-electron chi connectivity index (χ4n) is 2.44. The van der Waals surface area contributed by atoms with Gasteiger partial charge in [0.2, 0.25) is 0 Å². The van der Waals surface area contributed by atoms with Gasteiger partial charge in [0, 0.05) is 26.1 Å². The molecule has 0 amide bonds. The third-order valence-corrected chi connectivity index (χ3v) is 3.80. The smallest absolute Gasteiger partial charge is 0.191 e. The number of guanidine groups is 1. The van der Waals surface area contributed by atoms with Gasteiger partial charge in [0.15, 0.2) is 5.96 Å². The van der Waals surface area contributed by atoms with Gasteiger partial charge in [-0.15, -0.1) is 34.2 Å². The summed E-state index contributed by atoms with van der Waals surface area (Å²) in [6.45, 7) is 8.78. The van der Waals surface area contributed by atoms with Crippen LogP contribution in [0.3, 0.4) is 0 Å². The highest BCUT2D eigenvalue weighted by Crippen LogP contribution is 2.10. The Morgan fingerprint density at radius 2 is 2.00 bits per heavy atom. The van der Waals surface area contributed by atoms with Crippen LogP contribution >= 0.6 is 24.0 Å². The highest BCUT2D eigenvalue weighted by atomic mass is 127. The zero-order valence-electron chi connectivity index (χ0n) is 15.3. The summed E-state index contributed by atoms with van der Waals surface area (Å²) in [6, 6.07) is 10.6. The van der Waals surface area contributed by atoms with E-state index in [0.29, 0.717) is 0 Å². The van der Waals surface area contributed by atoms with Gasteiger partial charge in [0.25, 0.3) is 0 Å². The lowest BCUT2D eigenvalue weighted by Crippen LogP contribution is -2.40. The van der Waals surface area contributed by atoms with Crippen molar-refractivity contribution in [2.24, 2.45) is 4.99 Å². The zero-order valence-corrected chi connectivity index (χ0v) is 17.6. The van der Waals surface area contributed by atoms with Gasteiger partial charge in [0.05, 0.1) is 6.04 Å². The largest absolute Gasteiger partial charge is 0.355 e. The predicted octanol–water partition coefficient (Wildman–Crippen LogP) is 3.16. The lowest BCUT2D eigenvalue weighted by Gasteiger charge is -2.19. The molecule has 2 N–H and O–H groups in total. The monoisotopic (exact) mass is 456 g/mol. The third-order valence-electron chi connectivity index (χ3n) is 3.80. The van der Waals surface area contributed by atoms with E-state index in [1.165, 1.54) is 5.56 Å². The first kappa shape index (κ1) is 21.4. The summed E-state index contributed by atoms with van der Waals surface area (Å²) in [4.78, 5) is 4.62. The van der Waals surface area contributed by atoms with Crippen molar-refractivity contribution < 1.29 is 0 Å². The average Bonchev–Trinajstić information content (AvgIpc) is 3.07. The van der Waals surface area contributed by atoms with Crippen molar-refractivity contribution in [2.75, 3.05) is 13.1 Å².